The molecular weight excluding hydrogens is 281 g/mol. The van der Waals surface area contributed by atoms with Crippen molar-refractivity contribution in [1.29, 1.82) is 0 Å². The van der Waals surface area contributed by atoms with Crippen molar-refractivity contribution < 1.29 is 23.0 Å². The van der Waals surface area contributed by atoms with E-state index in [9.17, 15) is 18.3 Å². The summed E-state index contributed by atoms with van der Waals surface area (Å²) in [7, 11) is 0. The van der Waals surface area contributed by atoms with Gasteiger partial charge in [0.1, 0.15) is 0 Å². The van der Waals surface area contributed by atoms with E-state index in [0.29, 0.717) is 6.42 Å². The molecule has 1 aromatic carbocycles. The molecule has 5 heteroatoms. The minimum Gasteiger partial charge on any atom is -0.485 e. The second-order valence-electron chi connectivity index (χ2n) is 6.93. The average molecular weight is 300 g/mol. The number of benzene rings is 1. The fourth-order valence-electron chi connectivity index (χ4n) is 3.89. The molecule has 0 amide bonds. The molecule has 0 heterocycles. The third-order valence-corrected chi connectivity index (χ3v) is 4.96. The van der Waals surface area contributed by atoms with Gasteiger partial charge in [0.25, 0.3) is 0 Å². The van der Waals surface area contributed by atoms with Crippen LogP contribution in [0.3, 0.4) is 0 Å². The van der Waals surface area contributed by atoms with E-state index in [1.54, 1.807) is 27.7 Å². The number of ether oxygens (including phenoxy) is 1. The van der Waals surface area contributed by atoms with E-state index in [4.69, 9.17) is 4.74 Å². The van der Waals surface area contributed by atoms with E-state index in [1.807, 2.05) is 0 Å². The number of hydrogen-bond acceptors (Lipinski definition) is 2. The maximum Gasteiger partial charge on any atom is 0.204 e. The van der Waals surface area contributed by atoms with E-state index >= 15 is 0 Å². The first-order valence-electron chi connectivity index (χ1n) is 7.22. The molecule has 0 unspecified atom stereocenters. The van der Waals surface area contributed by atoms with Gasteiger partial charge < -0.3 is 9.84 Å². The summed E-state index contributed by atoms with van der Waals surface area (Å²) in [5, 5.41) is 10.3. The van der Waals surface area contributed by atoms with Crippen LogP contribution in [0.2, 0.25) is 0 Å². The lowest BCUT2D eigenvalue weighted by molar-refractivity contribution is 0.0490. The summed E-state index contributed by atoms with van der Waals surface area (Å²) in [5.41, 5.74) is -0.402. The smallest absolute Gasteiger partial charge is 0.204 e. The monoisotopic (exact) mass is 300 g/mol. The molecule has 2 aliphatic rings. The number of aliphatic hydroxyl groups is 1. The molecule has 0 aliphatic heterocycles. The van der Waals surface area contributed by atoms with Crippen LogP contribution in [0.1, 0.15) is 57.1 Å². The highest BCUT2D eigenvalue weighted by atomic mass is 19.2. The number of halogens is 3. The van der Waals surface area contributed by atoms with Crippen LogP contribution < -0.4 is 4.74 Å². The Morgan fingerprint density at radius 3 is 2.29 bits per heavy atom. The molecule has 3 rings (SSSR count). The molecular formula is C16H19F3O2. The topological polar surface area (TPSA) is 29.5 Å². The second-order valence-corrected chi connectivity index (χ2v) is 6.93. The Balaban J connectivity index is 2.23. The molecule has 1 fully saturated rings. The van der Waals surface area contributed by atoms with Gasteiger partial charge in [0.2, 0.25) is 5.82 Å². The largest absolute Gasteiger partial charge is 0.485 e. The Bertz CT molecular complexity index is 610. The van der Waals surface area contributed by atoms with Gasteiger partial charge in [-0.05, 0) is 31.6 Å². The van der Waals surface area contributed by atoms with E-state index in [0.717, 1.165) is 0 Å². The van der Waals surface area contributed by atoms with Crippen molar-refractivity contribution in [3.8, 4) is 5.75 Å². The second kappa shape index (κ2) is 4.38. The van der Waals surface area contributed by atoms with E-state index < -0.39 is 46.7 Å². The third kappa shape index (κ3) is 1.76. The fourth-order valence-corrected chi connectivity index (χ4v) is 3.89. The Morgan fingerprint density at radius 2 is 1.71 bits per heavy atom. The molecule has 2 bridgehead atoms. The zero-order valence-electron chi connectivity index (χ0n) is 12.5. The zero-order valence-corrected chi connectivity index (χ0v) is 12.5. The maximum absolute atomic E-state index is 14.6. The molecule has 0 radical (unpaired) electrons. The van der Waals surface area contributed by atoms with E-state index in [2.05, 4.69) is 0 Å². The minimum absolute atomic E-state index is 0.0846. The predicted octanol–water partition coefficient (Wildman–Crippen LogP) is 3.86. The highest BCUT2D eigenvalue weighted by Gasteiger charge is 2.58. The van der Waals surface area contributed by atoms with Gasteiger partial charge in [0.15, 0.2) is 17.4 Å². The van der Waals surface area contributed by atoms with Gasteiger partial charge in [-0.25, -0.2) is 8.78 Å². The summed E-state index contributed by atoms with van der Waals surface area (Å²) >= 11 is 0. The lowest BCUT2D eigenvalue weighted by Crippen LogP contribution is -2.35. The summed E-state index contributed by atoms with van der Waals surface area (Å²) in [6, 6.07) is 0. The van der Waals surface area contributed by atoms with Gasteiger partial charge >= 0.3 is 0 Å². The van der Waals surface area contributed by atoms with Gasteiger partial charge in [-0.2, -0.15) is 4.39 Å². The molecule has 2 aliphatic carbocycles. The first-order chi connectivity index (χ1) is 9.67. The van der Waals surface area contributed by atoms with Gasteiger partial charge in [-0.1, -0.05) is 13.8 Å². The van der Waals surface area contributed by atoms with Crippen molar-refractivity contribution in [3.63, 3.8) is 0 Å². The van der Waals surface area contributed by atoms with Crippen molar-refractivity contribution >= 4 is 0 Å². The number of fused-ring (bicyclic) bond motifs is 5. The number of aliphatic hydroxyl groups excluding tert-OH is 1. The Labute approximate surface area is 121 Å². The molecule has 1 aromatic rings. The first kappa shape index (κ1) is 14.7. The molecule has 0 aromatic heterocycles. The molecule has 2 nitrogen and oxygen atoms in total. The van der Waals surface area contributed by atoms with Gasteiger partial charge in [0.05, 0.1) is 12.2 Å². The maximum atomic E-state index is 14.6. The van der Waals surface area contributed by atoms with Crippen LogP contribution in [0.5, 0.6) is 5.75 Å². The van der Waals surface area contributed by atoms with Crippen molar-refractivity contribution in [2.24, 2.45) is 5.41 Å². The van der Waals surface area contributed by atoms with Crippen molar-refractivity contribution in [1.82, 2.24) is 0 Å². The van der Waals surface area contributed by atoms with Crippen molar-refractivity contribution in [2.45, 2.75) is 58.2 Å². The van der Waals surface area contributed by atoms with Gasteiger partial charge in [-0.3, -0.25) is 0 Å². The quantitative estimate of drug-likeness (QED) is 0.840. The van der Waals surface area contributed by atoms with Crippen molar-refractivity contribution in [2.75, 3.05) is 0 Å². The van der Waals surface area contributed by atoms with Crippen LogP contribution in [-0.2, 0) is 0 Å². The standard InChI is InChI=1S/C16H19F3O2/c1-6(2)21-14-12(18)9-7-5-8(16(3,4)15(7)20)10(9)11(17)13(14)19/h6-8,15,20H,5H2,1-4H3/t7-,8+,15+/m1/s1. The molecule has 0 spiro atoms. The predicted molar refractivity (Wildman–Crippen MR) is 72.0 cm³/mol. The molecule has 1 N–H and O–H groups in total. The van der Waals surface area contributed by atoms with Crippen LogP contribution in [0.15, 0.2) is 0 Å². The van der Waals surface area contributed by atoms with Crippen LogP contribution in [-0.4, -0.2) is 17.3 Å². The molecule has 0 saturated heterocycles. The van der Waals surface area contributed by atoms with Crippen LogP contribution in [0.25, 0.3) is 0 Å². The SMILES string of the molecule is CC(C)Oc1c(F)c(F)c2c(c1F)[C@H]1C[C@@H]2C(C)(C)[C@H]1O. The molecule has 3 atom stereocenters. The summed E-state index contributed by atoms with van der Waals surface area (Å²) in [6.45, 7) is 6.85. The summed E-state index contributed by atoms with van der Waals surface area (Å²) in [4.78, 5) is 0. The first-order valence-corrected chi connectivity index (χ1v) is 7.22. The normalized spacial score (nSPS) is 29.1. The van der Waals surface area contributed by atoms with Gasteiger partial charge in [-0.15, -0.1) is 0 Å². The molecule has 116 valence electrons. The minimum atomic E-state index is -1.27. The number of rotatable bonds is 2. The van der Waals surface area contributed by atoms with Crippen molar-refractivity contribution in [3.05, 3.63) is 28.6 Å². The zero-order chi connectivity index (χ0) is 15.7. The van der Waals surface area contributed by atoms with Crippen LogP contribution in [0.4, 0.5) is 13.2 Å². The average Bonchev–Trinajstić information content (AvgIpc) is 2.89. The lowest BCUT2D eigenvalue weighted by Gasteiger charge is -2.36. The van der Waals surface area contributed by atoms with E-state index in [-0.39, 0.29) is 17.0 Å². The lowest BCUT2D eigenvalue weighted by atomic mass is 9.71. The highest BCUT2D eigenvalue weighted by molar-refractivity contribution is 5.51. The molecule has 21 heavy (non-hydrogen) atoms. The van der Waals surface area contributed by atoms with Crippen LogP contribution in [0, 0.1) is 22.9 Å². The Hall–Kier alpha value is -1.23. The summed E-state index contributed by atoms with van der Waals surface area (Å²) in [6.07, 6.45) is -0.783. The number of hydrogen-bond donors (Lipinski definition) is 1. The fraction of sp³-hybridized carbons (Fsp3) is 0.625. The Morgan fingerprint density at radius 1 is 1.10 bits per heavy atom. The summed E-state index contributed by atoms with van der Waals surface area (Å²) in [5.74, 6) is -4.69. The third-order valence-electron chi connectivity index (χ3n) is 4.96. The van der Waals surface area contributed by atoms with E-state index in [1.165, 1.54) is 0 Å². The Kier molecular flexibility index (Phi) is 3.07. The summed E-state index contributed by atoms with van der Waals surface area (Å²) < 4.78 is 48.3. The van der Waals surface area contributed by atoms with Crippen LogP contribution >= 0.6 is 0 Å². The van der Waals surface area contributed by atoms with Gasteiger partial charge in [0, 0.05) is 17.0 Å². The molecule has 1 saturated carbocycles. The highest BCUT2D eigenvalue weighted by Crippen LogP contribution is 2.64.